The number of rotatable bonds is 9. The number of hydrogen-bond donors (Lipinski definition) is 2. The lowest BCUT2D eigenvalue weighted by Crippen LogP contribution is -2.48. The highest BCUT2D eigenvalue weighted by Crippen LogP contribution is 2.40. The second-order valence-corrected chi connectivity index (χ2v) is 7.22. The standard InChI is InChI=1S/C21H33N3O4/c1-3-25-11-5-4-10-23-20(22-2)24-15-21(8-12-26-13-9-21)17-6-7-18-19(14-17)28-16-27-18/h6-7,14H,3-5,8-13,15-16H2,1-2H3,(H2,22,23,24). The van der Waals surface area contributed by atoms with E-state index in [1.165, 1.54) is 5.56 Å². The maximum absolute atomic E-state index is 5.64. The lowest BCUT2D eigenvalue weighted by molar-refractivity contribution is 0.0513. The van der Waals surface area contributed by atoms with Gasteiger partial charge in [0.15, 0.2) is 17.5 Å². The summed E-state index contributed by atoms with van der Waals surface area (Å²) in [5.41, 5.74) is 1.26. The Hall–Kier alpha value is -1.99. The first kappa shape index (κ1) is 20.7. The fourth-order valence-electron chi connectivity index (χ4n) is 3.71. The molecule has 1 aromatic rings. The van der Waals surface area contributed by atoms with Crippen molar-refractivity contribution in [2.45, 2.75) is 38.0 Å². The van der Waals surface area contributed by atoms with Crippen LogP contribution in [0.25, 0.3) is 0 Å². The summed E-state index contributed by atoms with van der Waals surface area (Å²) in [4.78, 5) is 4.38. The third-order valence-corrected chi connectivity index (χ3v) is 5.46. The Morgan fingerprint density at radius 1 is 1.14 bits per heavy atom. The van der Waals surface area contributed by atoms with E-state index in [0.717, 1.165) is 82.7 Å². The van der Waals surface area contributed by atoms with E-state index in [1.54, 1.807) is 0 Å². The van der Waals surface area contributed by atoms with Crippen molar-refractivity contribution in [3.63, 3.8) is 0 Å². The molecule has 7 heteroatoms. The van der Waals surface area contributed by atoms with Crippen LogP contribution in [-0.4, -0.2) is 59.3 Å². The number of ether oxygens (including phenoxy) is 4. The molecule has 1 fully saturated rings. The molecular weight excluding hydrogens is 358 g/mol. The minimum Gasteiger partial charge on any atom is -0.454 e. The van der Waals surface area contributed by atoms with E-state index in [9.17, 15) is 0 Å². The van der Waals surface area contributed by atoms with Crippen molar-refractivity contribution in [1.82, 2.24) is 10.6 Å². The summed E-state index contributed by atoms with van der Waals surface area (Å²) in [7, 11) is 1.81. The van der Waals surface area contributed by atoms with Gasteiger partial charge in [-0.15, -0.1) is 0 Å². The summed E-state index contributed by atoms with van der Waals surface area (Å²) in [6.45, 7) is 7.13. The van der Waals surface area contributed by atoms with Crippen LogP contribution < -0.4 is 20.1 Å². The molecule has 3 rings (SSSR count). The molecule has 2 aliphatic heterocycles. The van der Waals surface area contributed by atoms with Crippen molar-refractivity contribution in [2.75, 3.05) is 53.4 Å². The van der Waals surface area contributed by atoms with Crippen LogP contribution in [0.15, 0.2) is 23.2 Å². The van der Waals surface area contributed by atoms with Gasteiger partial charge in [-0.3, -0.25) is 4.99 Å². The van der Waals surface area contributed by atoms with Crippen molar-refractivity contribution >= 4 is 5.96 Å². The molecule has 0 aliphatic carbocycles. The first-order chi connectivity index (χ1) is 13.8. The number of nitrogens with one attached hydrogen (secondary N) is 2. The highest BCUT2D eigenvalue weighted by Gasteiger charge is 2.35. The van der Waals surface area contributed by atoms with Crippen LogP contribution in [0.3, 0.4) is 0 Å². The predicted octanol–water partition coefficient (Wildman–Crippen LogP) is 2.45. The average molecular weight is 392 g/mol. The molecule has 0 radical (unpaired) electrons. The Morgan fingerprint density at radius 3 is 2.75 bits per heavy atom. The van der Waals surface area contributed by atoms with Gasteiger partial charge in [-0.1, -0.05) is 6.07 Å². The Morgan fingerprint density at radius 2 is 1.96 bits per heavy atom. The monoisotopic (exact) mass is 391 g/mol. The number of aliphatic imine (C=N–C) groups is 1. The summed E-state index contributed by atoms with van der Waals surface area (Å²) in [6, 6.07) is 6.30. The summed E-state index contributed by atoms with van der Waals surface area (Å²) >= 11 is 0. The van der Waals surface area contributed by atoms with Crippen molar-refractivity contribution < 1.29 is 18.9 Å². The Balaban J connectivity index is 1.58. The predicted molar refractivity (Wildman–Crippen MR) is 109 cm³/mol. The molecule has 7 nitrogen and oxygen atoms in total. The fourth-order valence-corrected chi connectivity index (χ4v) is 3.71. The van der Waals surface area contributed by atoms with Gasteiger partial charge in [0.05, 0.1) is 0 Å². The van der Waals surface area contributed by atoms with E-state index in [0.29, 0.717) is 6.79 Å². The number of benzene rings is 1. The maximum Gasteiger partial charge on any atom is 0.231 e. The number of fused-ring (bicyclic) bond motifs is 1. The Bertz CT molecular complexity index is 645. The summed E-state index contributed by atoms with van der Waals surface area (Å²) in [5.74, 6) is 2.49. The zero-order valence-corrected chi connectivity index (χ0v) is 17.1. The SMILES string of the molecule is CCOCCCCNC(=NC)NCC1(c2ccc3c(c2)OCO3)CCOCC1. The third kappa shape index (κ3) is 5.29. The summed E-state index contributed by atoms with van der Waals surface area (Å²) < 4.78 is 22.1. The number of unbranched alkanes of at least 4 members (excludes halogenated alkanes) is 1. The second-order valence-electron chi connectivity index (χ2n) is 7.22. The molecule has 28 heavy (non-hydrogen) atoms. The van der Waals surface area contributed by atoms with Gasteiger partial charge in [0.1, 0.15) is 0 Å². The Labute approximate surface area is 167 Å². The normalized spacial score (nSPS) is 18.1. The molecule has 0 bridgehead atoms. The zero-order chi connectivity index (χ0) is 19.7. The highest BCUT2D eigenvalue weighted by molar-refractivity contribution is 5.79. The largest absolute Gasteiger partial charge is 0.454 e. The molecule has 0 unspecified atom stereocenters. The second kappa shape index (κ2) is 10.5. The van der Waals surface area contributed by atoms with E-state index in [-0.39, 0.29) is 5.41 Å². The molecule has 0 amide bonds. The van der Waals surface area contributed by atoms with Crippen LogP contribution in [0, 0.1) is 0 Å². The molecule has 0 spiro atoms. The van der Waals surface area contributed by atoms with Gasteiger partial charge in [-0.25, -0.2) is 0 Å². The molecule has 1 aromatic carbocycles. The van der Waals surface area contributed by atoms with Crippen molar-refractivity contribution in [1.29, 1.82) is 0 Å². The average Bonchev–Trinajstić information content (AvgIpc) is 3.21. The van der Waals surface area contributed by atoms with E-state index in [2.05, 4.69) is 27.8 Å². The zero-order valence-electron chi connectivity index (χ0n) is 17.1. The topological polar surface area (TPSA) is 73.3 Å². The van der Waals surface area contributed by atoms with E-state index >= 15 is 0 Å². The molecule has 2 N–H and O–H groups in total. The Kier molecular flexibility index (Phi) is 7.80. The number of nitrogens with zero attached hydrogens (tertiary/aromatic N) is 1. The van der Waals surface area contributed by atoms with Crippen molar-refractivity contribution in [3.8, 4) is 11.5 Å². The van der Waals surface area contributed by atoms with Gasteiger partial charge in [0.25, 0.3) is 0 Å². The van der Waals surface area contributed by atoms with Crippen molar-refractivity contribution in [2.24, 2.45) is 4.99 Å². The van der Waals surface area contributed by atoms with Gasteiger partial charge in [0, 0.05) is 52.0 Å². The van der Waals surface area contributed by atoms with Gasteiger partial charge in [-0.05, 0) is 50.3 Å². The molecule has 1 saturated heterocycles. The van der Waals surface area contributed by atoms with Gasteiger partial charge in [-0.2, -0.15) is 0 Å². The van der Waals surface area contributed by atoms with Crippen LogP contribution in [0.4, 0.5) is 0 Å². The number of guanidine groups is 1. The van der Waals surface area contributed by atoms with E-state index in [4.69, 9.17) is 18.9 Å². The van der Waals surface area contributed by atoms with Gasteiger partial charge in [0.2, 0.25) is 6.79 Å². The lowest BCUT2D eigenvalue weighted by Gasteiger charge is -2.38. The first-order valence-electron chi connectivity index (χ1n) is 10.3. The molecule has 0 aromatic heterocycles. The smallest absolute Gasteiger partial charge is 0.231 e. The molecule has 0 atom stereocenters. The van der Waals surface area contributed by atoms with Gasteiger partial charge >= 0.3 is 0 Å². The van der Waals surface area contributed by atoms with Crippen LogP contribution in [0.2, 0.25) is 0 Å². The molecular formula is C21H33N3O4. The van der Waals surface area contributed by atoms with Gasteiger partial charge < -0.3 is 29.6 Å². The van der Waals surface area contributed by atoms with Crippen molar-refractivity contribution in [3.05, 3.63) is 23.8 Å². The third-order valence-electron chi connectivity index (χ3n) is 5.46. The van der Waals surface area contributed by atoms with Crippen LogP contribution in [0.1, 0.15) is 38.2 Å². The minimum atomic E-state index is -0.00812. The highest BCUT2D eigenvalue weighted by atomic mass is 16.7. The molecule has 156 valence electrons. The summed E-state index contributed by atoms with van der Waals surface area (Å²) in [6.07, 6.45) is 4.04. The van der Waals surface area contributed by atoms with E-state index in [1.807, 2.05) is 20.0 Å². The van der Waals surface area contributed by atoms with Crippen LogP contribution >= 0.6 is 0 Å². The van der Waals surface area contributed by atoms with E-state index < -0.39 is 0 Å². The lowest BCUT2D eigenvalue weighted by atomic mass is 9.74. The molecule has 2 aliphatic rings. The molecule has 0 saturated carbocycles. The quantitative estimate of drug-likeness (QED) is 0.383. The summed E-state index contributed by atoms with van der Waals surface area (Å²) in [5, 5.41) is 6.93. The molecule has 2 heterocycles. The number of hydrogen-bond acceptors (Lipinski definition) is 5. The first-order valence-corrected chi connectivity index (χ1v) is 10.3. The maximum atomic E-state index is 5.64. The minimum absolute atomic E-state index is 0.00812. The van der Waals surface area contributed by atoms with Crippen LogP contribution in [-0.2, 0) is 14.9 Å². The fraction of sp³-hybridized carbons (Fsp3) is 0.667. The van der Waals surface area contributed by atoms with Crippen LogP contribution in [0.5, 0.6) is 11.5 Å².